The first kappa shape index (κ1) is 23.9. The van der Waals surface area contributed by atoms with E-state index in [9.17, 15) is 14.0 Å². The first-order valence-corrected chi connectivity index (χ1v) is 11.8. The number of aromatic nitrogens is 4. The molecule has 2 aliphatic rings. The van der Waals surface area contributed by atoms with Crippen LogP contribution in [0.3, 0.4) is 0 Å². The van der Waals surface area contributed by atoms with Crippen LogP contribution in [0.25, 0.3) is 16.9 Å². The number of amides is 2. The van der Waals surface area contributed by atoms with E-state index in [-0.39, 0.29) is 36.8 Å². The summed E-state index contributed by atoms with van der Waals surface area (Å²) >= 11 is 0. The van der Waals surface area contributed by atoms with E-state index in [0.717, 1.165) is 22.5 Å². The first-order valence-electron chi connectivity index (χ1n) is 11.8. The van der Waals surface area contributed by atoms with Crippen LogP contribution < -0.4 is 4.74 Å². The second-order valence-electron chi connectivity index (χ2n) is 8.90. The van der Waals surface area contributed by atoms with Crippen LogP contribution in [0.15, 0.2) is 30.6 Å². The number of nitrogens with zero attached hydrogens (tertiary/aromatic N) is 6. The highest BCUT2D eigenvalue weighted by molar-refractivity contribution is 5.92. The number of carbonyl (C=O) groups excluding carboxylic acids is 2. The van der Waals surface area contributed by atoms with Crippen molar-refractivity contribution in [2.75, 3.05) is 40.5 Å². The number of fused-ring (bicyclic) bond motifs is 1. The number of rotatable bonds is 5. The maximum absolute atomic E-state index is 14.5. The average molecular weight is 495 g/mol. The minimum absolute atomic E-state index is 0.0137. The molecule has 0 spiro atoms. The Balaban J connectivity index is 1.54. The van der Waals surface area contributed by atoms with Crippen molar-refractivity contribution in [1.29, 1.82) is 0 Å². The number of halogens is 1. The monoisotopic (exact) mass is 494 g/mol. The van der Waals surface area contributed by atoms with E-state index in [1.807, 2.05) is 19.1 Å². The first-order chi connectivity index (χ1) is 17.4. The van der Waals surface area contributed by atoms with E-state index < -0.39 is 5.82 Å². The lowest BCUT2D eigenvalue weighted by Crippen LogP contribution is -2.52. The summed E-state index contributed by atoms with van der Waals surface area (Å²) in [6, 6.07) is 4.72. The molecule has 3 aromatic rings. The van der Waals surface area contributed by atoms with E-state index in [1.165, 1.54) is 24.3 Å². The molecule has 0 aliphatic carbocycles. The Morgan fingerprint density at radius 3 is 2.69 bits per heavy atom. The van der Waals surface area contributed by atoms with Crippen LogP contribution >= 0.6 is 0 Å². The Labute approximate surface area is 207 Å². The van der Waals surface area contributed by atoms with Gasteiger partial charge in [-0.05, 0) is 25.5 Å². The van der Waals surface area contributed by atoms with Gasteiger partial charge in [0.1, 0.15) is 6.54 Å². The van der Waals surface area contributed by atoms with Gasteiger partial charge < -0.3 is 19.3 Å². The molecule has 11 heteroatoms. The Hall–Kier alpha value is -3.86. The Morgan fingerprint density at radius 1 is 1.11 bits per heavy atom. The second kappa shape index (κ2) is 9.65. The summed E-state index contributed by atoms with van der Waals surface area (Å²) in [5.74, 6) is -0.884. The van der Waals surface area contributed by atoms with Crippen molar-refractivity contribution in [2.45, 2.75) is 25.8 Å². The number of ether oxygens (including phenoxy) is 2. The van der Waals surface area contributed by atoms with Gasteiger partial charge >= 0.3 is 0 Å². The topological polar surface area (TPSA) is 103 Å². The molecule has 2 aliphatic heterocycles. The summed E-state index contributed by atoms with van der Waals surface area (Å²) < 4.78 is 26.8. The number of likely N-dealkylation sites (N-methyl/N-ethyl adjacent to an activating group) is 1. The Morgan fingerprint density at radius 2 is 1.92 bits per heavy atom. The lowest BCUT2D eigenvalue weighted by Gasteiger charge is -2.35. The van der Waals surface area contributed by atoms with Gasteiger partial charge in [0.25, 0.3) is 0 Å². The van der Waals surface area contributed by atoms with Crippen molar-refractivity contribution in [1.82, 2.24) is 29.5 Å². The van der Waals surface area contributed by atoms with Gasteiger partial charge in [-0.2, -0.15) is 5.10 Å². The number of hydrogen-bond acceptors (Lipinski definition) is 7. The molecule has 2 amide bonds. The zero-order valence-corrected chi connectivity index (χ0v) is 20.4. The van der Waals surface area contributed by atoms with E-state index in [1.54, 1.807) is 22.8 Å². The predicted molar refractivity (Wildman–Crippen MR) is 127 cm³/mol. The number of piperazine rings is 1. The number of carbonyl (C=O) groups is 2. The fraction of sp³-hybridized carbons (Fsp3) is 0.400. The van der Waals surface area contributed by atoms with E-state index in [0.29, 0.717) is 37.4 Å². The van der Waals surface area contributed by atoms with Crippen molar-refractivity contribution in [3.63, 3.8) is 0 Å². The predicted octanol–water partition coefficient (Wildman–Crippen LogP) is 1.95. The van der Waals surface area contributed by atoms with Crippen LogP contribution in [0.4, 0.5) is 4.39 Å². The second-order valence-corrected chi connectivity index (χ2v) is 8.90. The standard InChI is InChI=1S/C25H27FN6O4/c1-15(31-14-22(33)30(2)13-23(31)34)20-10-16(4-7-27-20)24-18-5-8-36-9-6-21(18)32(29-24)17-11-19(26)25(35-3)28-12-17/h4,7,10-12,15H,5-6,8-9,13-14H2,1-3H3. The van der Waals surface area contributed by atoms with Gasteiger partial charge in [0.2, 0.25) is 17.7 Å². The molecule has 0 bridgehead atoms. The largest absolute Gasteiger partial charge is 0.479 e. The number of methoxy groups -OCH3 is 1. The Bertz CT molecular complexity index is 1330. The molecule has 0 N–H and O–H groups in total. The zero-order valence-electron chi connectivity index (χ0n) is 20.4. The molecule has 1 atom stereocenters. The van der Waals surface area contributed by atoms with Crippen molar-refractivity contribution >= 4 is 11.8 Å². The molecule has 36 heavy (non-hydrogen) atoms. The SMILES string of the molecule is COc1ncc(-n2nc(-c3ccnc(C(C)N4CC(=O)N(C)CC4=O)c3)c3c2CCOCC3)cc1F. The van der Waals surface area contributed by atoms with Gasteiger partial charge in [-0.25, -0.2) is 14.1 Å². The van der Waals surface area contributed by atoms with E-state index in [2.05, 4.69) is 9.97 Å². The molecule has 1 fully saturated rings. The molecule has 10 nitrogen and oxygen atoms in total. The molecule has 5 rings (SSSR count). The molecular formula is C25H27FN6O4. The third kappa shape index (κ3) is 4.30. The fourth-order valence-corrected chi connectivity index (χ4v) is 4.65. The quantitative estimate of drug-likeness (QED) is 0.534. The van der Waals surface area contributed by atoms with Gasteiger partial charge in [0, 0.05) is 36.9 Å². The van der Waals surface area contributed by atoms with Gasteiger partial charge in [0.15, 0.2) is 5.82 Å². The van der Waals surface area contributed by atoms with E-state index in [4.69, 9.17) is 14.6 Å². The van der Waals surface area contributed by atoms with Gasteiger partial charge in [-0.1, -0.05) is 0 Å². The summed E-state index contributed by atoms with van der Waals surface area (Å²) in [7, 11) is 2.99. The van der Waals surface area contributed by atoms with Crippen LogP contribution in [-0.2, 0) is 27.2 Å². The molecule has 0 saturated carbocycles. The van der Waals surface area contributed by atoms with Crippen molar-refractivity contribution in [3.8, 4) is 22.8 Å². The Kier molecular flexibility index (Phi) is 6.40. The lowest BCUT2D eigenvalue weighted by molar-refractivity contribution is -0.150. The van der Waals surface area contributed by atoms with Crippen molar-refractivity contribution < 1.29 is 23.5 Å². The third-order valence-electron chi connectivity index (χ3n) is 6.67. The highest BCUT2D eigenvalue weighted by Crippen LogP contribution is 2.32. The maximum atomic E-state index is 14.5. The highest BCUT2D eigenvalue weighted by Gasteiger charge is 2.32. The molecule has 0 aromatic carbocycles. The van der Waals surface area contributed by atoms with E-state index >= 15 is 0 Å². The molecule has 1 saturated heterocycles. The minimum atomic E-state index is -0.572. The van der Waals surface area contributed by atoms with Gasteiger partial charge in [0.05, 0.1) is 61.9 Å². The van der Waals surface area contributed by atoms with Crippen LogP contribution in [0.5, 0.6) is 5.88 Å². The van der Waals surface area contributed by atoms with Crippen LogP contribution in [0, 0.1) is 5.82 Å². The number of hydrogen-bond donors (Lipinski definition) is 0. The smallest absolute Gasteiger partial charge is 0.250 e. The number of pyridine rings is 2. The summed E-state index contributed by atoms with van der Waals surface area (Å²) in [6.07, 6.45) is 4.47. The summed E-state index contributed by atoms with van der Waals surface area (Å²) in [5.41, 5.74) is 4.65. The summed E-state index contributed by atoms with van der Waals surface area (Å²) in [5, 5.41) is 4.87. The molecule has 188 valence electrons. The summed E-state index contributed by atoms with van der Waals surface area (Å²) in [6.45, 7) is 3.00. The lowest BCUT2D eigenvalue weighted by atomic mass is 10.0. The maximum Gasteiger partial charge on any atom is 0.250 e. The molecule has 5 heterocycles. The van der Waals surface area contributed by atoms with Gasteiger partial charge in [-0.3, -0.25) is 14.6 Å². The fourth-order valence-electron chi connectivity index (χ4n) is 4.65. The molecule has 1 unspecified atom stereocenters. The molecule has 3 aromatic heterocycles. The normalized spacial score (nSPS) is 17.1. The van der Waals surface area contributed by atoms with Crippen molar-refractivity contribution in [2.24, 2.45) is 0 Å². The molecule has 0 radical (unpaired) electrons. The minimum Gasteiger partial charge on any atom is -0.479 e. The van der Waals surface area contributed by atoms with Crippen LogP contribution in [0.1, 0.15) is 29.9 Å². The average Bonchev–Trinajstić information content (AvgIpc) is 3.06. The highest BCUT2D eigenvalue weighted by atomic mass is 19.1. The molecular weight excluding hydrogens is 467 g/mol. The summed E-state index contributed by atoms with van der Waals surface area (Å²) in [4.78, 5) is 36.4. The van der Waals surface area contributed by atoms with Crippen LogP contribution in [0.2, 0.25) is 0 Å². The zero-order chi connectivity index (χ0) is 25.4. The van der Waals surface area contributed by atoms with Gasteiger partial charge in [-0.15, -0.1) is 0 Å². The van der Waals surface area contributed by atoms with Crippen molar-refractivity contribution in [3.05, 3.63) is 53.4 Å². The van der Waals surface area contributed by atoms with Crippen LogP contribution in [-0.4, -0.2) is 81.8 Å². The third-order valence-corrected chi connectivity index (χ3v) is 6.67.